The van der Waals surface area contributed by atoms with Gasteiger partial charge in [0, 0.05) is 6.04 Å². The van der Waals surface area contributed by atoms with Gasteiger partial charge in [-0.3, -0.25) is 0 Å². The molecule has 0 heterocycles. The van der Waals surface area contributed by atoms with E-state index in [4.69, 9.17) is 5.73 Å². The summed E-state index contributed by atoms with van der Waals surface area (Å²) in [7, 11) is 0. The lowest BCUT2D eigenvalue weighted by atomic mass is 9.98. The van der Waals surface area contributed by atoms with Gasteiger partial charge in [-0.15, -0.1) is 0 Å². The van der Waals surface area contributed by atoms with E-state index in [1.807, 2.05) is 30.3 Å². The highest BCUT2D eigenvalue weighted by molar-refractivity contribution is 5.28. The monoisotopic (exact) mass is 279 g/mol. The molecule has 0 bridgehead atoms. The first-order valence-electron chi connectivity index (χ1n) is 6.43. The van der Waals surface area contributed by atoms with Gasteiger partial charge in [-0.05, 0) is 36.1 Å². The standard InChI is InChI=1S/C16H16F3N/c17-16(18,19)14-8-4-7-13(11-14)15(20)10-9-12-5-2-1-3-6-12/h1-8,11,15H,9-10,20H2. The van der Waals surface area contributed by atoms with Crippen molar-refractivity contribution in [2.75, 3.05) is 0 Å². The Morgan fingerprint density at radius 1 is 0.950 bits per heavy atom. The summed E-state index contributed by atoms with van der Waals surface area (Å²) in [5.74, 6) is 0. The summed E-state index contributed by atoms with van der Waals surface area (Å²) in [4.78, 5) is 0. The van der Waals surface area contributed by atoms with Crippen LogP contribution in [0.4, 0.5) is 13.2 Å². The second kappa shape index (κ2) is 6.09. The highest BCUT2D eigenvalue weighted by atomic mass is 19.4. The smallest absolute Gasteiger partial charge is 0.324 e. The number of rotatable bonds is 4. The Balaban J connectivity index is 2.04. The first kappa shape index (κ1) is 14.6. The molecule has 0 aromatic heterocycles. The first-order chi connectivity index (χ1) is 9.47. The van der Waals surface area contributed by atoms with Crippen molar-refractivity contribution in [1.29, 1.82) is 0 Å². The van der Waals surface area contributed by atoms with E-state index in [9.17, 15) is 13.2 Å². The minimum Gasteiger partial charge on any atom is -0.324 e. The first-order valence-corrected chi connectivity index (χ1v) is 6.43. The van der Waals surface area contributed by atoms with E-state index in [1.54, 1.807) is 6.07 Å². The molecule has 2 aromatic rings. The van der Waals surface area contributed by atoms with Crippen LogP contribution < -0.4 is 5.73 Å². The molecular weight excluding hydrogens is 263 g/mol. The average Bonchev–Trinajstić information content (AvgIpc) is 2.45. The molecule has 0 spiro atoms. The van der Waals surface area contributed by atoms with Crippen LogP contribution in [0.3, 0.4) is 0 Å². The normalized spacial score (nSPS) is 13.2. The lowest BCUT2D eigenvalue weighted by Gasteiger charge is -2.14. The van der Waals surface area contributed by atoms with Gasteiger partial charge >= 0.3 is 6.18 Å². The number of benzene rings is 2. The summed E-state index contributed by atoms with van der Waals surface area (Å²) in [5, 5.41) is 0. The van der Waals surface area contributed by atoms with E-state index in [0.717, 1.165) is 24.1 Å². The second-order valence-corrected chi connectivity index (χ2v) is 4.75. The Kier molecular flexibility index (Phi) is 4.45. The van der Waals surface area contributed by atoms with Crippen LogP contribution in [0.1, 0.15) is 29.2 Å². The second-order valence-electron chi connectivity index (χ2n) is 4.75. The maximum atomic E-state index is 12.6. The number of hydrogen-bond donors (Lipinski definition) is 1. The van der Waals surface area contributed by atoms with E-state index in [1.165, 1.54) is 6.07 Å². The molecule has 1 unspecified atom stereocenters. The fourth-order valence-electron chi connectivity index (χ4n) is 2.08. The van der Waals surface area contributed by atoms with E-state index in [-0.39, 0.29) is 0 Å². The van der Waals surface area contributed by atoms with Crippen molar-refractivity contribution in [2.24, 2.45) is 5.73 Å². The Labute approximate surface area is 116 Å². The number of hydrogen-bond acceptors (Lipinski definition) is 1. The summed E-state index contributed by atoms with van der Waals surface area (Å²) < 4.78 is 37.9. The van der Waals surface area contributed by atoms with Crippen molar-refractivity contribution in [3.05, 3.63) is 71.3 Å². The number of alkyl halides is 3. The van der Waals surface area contributed by atoms with Crippen molar-refractivity contribution < 1.29 is 13.2 Å². The van der Waals surface area contributed by atoms with Crippen LogP contribution in [0, 0.1) is 0 Å². The molecule has 1 nitrogen and oxygen atoms in total. The van der Waals surface area contributed by atoms with E-state index in [2.05, 4.69) is 0 Å². The lowest BCUT2D eigenvalue weighted by molar-refractivity contribution is -0.137. The van der Waals surface area contributed by atoms with Crippen LogP contribution in [-0.2, 0) is 12.6 Å². The van der Waals surface area contributed by atoms with Crippen molar-refractivity contribution in [3.8, 4) is 0 Å². The highest BCUT2D eigenvalue weighted by Gasteiger charge is 2.30. The molecule has 0 aliphatic rings. The SMILES string of the molecule is NC(CCc1ccccc1)c1cccc(C(F)(F)F)c1. The Bertz CT molecular complexity index is 549. The summed E-state index contributed by atoms with van der Waals surface area (Å²) in [6.07, 6.45) is -2.96. The molecule has 1 atom stereocenters. The zero-order valence-corrected chi connectivity index (χ0v) is 10.9. The summed E-state index contributed by atoms with van der Waals surface area (Å²) in [6, 6.07) is 14.6. The maximum Gasteiger partial charge on any atom is 0.416 e. The predicted molar refractivity (Wildman–Crippen MR) is 73.1 cm³/mol. The zero-order valence-electron chi connectivity index (χ0n) is 10.9. The van der Waals surface area contributed by atoms with E-state index >= 15 is 0 Å². The Morgan fingerprint density at radius 3 is 2.30 bits per heavy atom. The number of aryl methyl sites for hydroxylation is 1. The third-order valence-corrected chi connectivity index (χ3v) is 3.23. The largest absolute Gasteiger partial charge is 0.416 e. The lowest BCUT2D eigenvalue weighted by Crippen LogP contribution is -2.13. The maximum absolute atomic E-state index is 12.6. The minimum absolute atomic E-state index is 0.391. The minimum atomic E-state index is -4.32. The van der Waals surface area contributed by atoms with Gasteiger partial charge in [0.25, 0.3) is 0 Å². The van der Waals surface area contributed by atoms with Crippen LogP contribution in [-0.4, -0.2) is 0 Å². The quantitative estimate of drug-likeness (QED) is 0.885. The topological polar surface area (TPSA) is 26.0 Å². The third kappa shape index (κ3) is 3.84. The molecule has 2 N–H and O–H groups in total. The van der Waals surface area contributed by atoms with Crippen molar-refractivity contribution in [1.82, 2.24) is 0 Å². The Morgan fingerprint density at radius 2 is 1.65 bits per heavy atom. The average molecular weight is 279 g/mol. The number of nitrogens with two attached hydrogens (primary N) is 1. The Hall–Kier alpha value is -1.81. The number of halogens is 3. The molecule has 2 aromatic carbocycles. The van der Waals surface area contributed by atoms with Crippen LogP contribution in [0.5, 0.6) is 0 Å². The van der Waals surface area contributed by atoms with Gasteiger partial charge in [-0.1, -0.05) is 42.5 Å². The van der Waals surface area contributed by atoms with Crippen molar-refractivity contribution in [3.63, 3.8) is 0 Å². The van der Waals surface area contributed by atoms with E-state index in [0.29, 0.717) is 12.0 Å². The van der Waals surface area contributed by atoms with Crippen LogP contribution in [0.2, 0.25) is 0 Å². The summed E-state index contributed by atoms with van der Waals surface area (Å²) in [5.41, 5.74) is 7.00. The van der Waals surface area contributed by atoms with Gasteiger partial charge in [-0.25, -0.2) is 0 Å². The van der Waals surface area contributed by atoms with Crippen molar-refractivity contribution in [2.45, 2.75) is 25.1 Å². The molecule has 106 valence electrons. The fraction of sp³-hybridized carbons (Fsp3) is 0.250. The fourth-order valence-corrected chi connectivity index (χ4v) is 2.08. The molecule has 0 aliphatic heterocycles. The van der Waals surface area contributed by atoms with E-state index < -0.39 is 17.8 Å². The van der Waals surface area contributed by atoms with Gasteiger partial charge in [0.05, 0.1) is 5.56 Å². The molecule has 20 heavy (non-hydrogen) atoms. The van der Waals surface area contributed by atoms with Crippen LogP contribution >= 0.6 is 0 Å². The highest BCUT2D eigenvalue weighted by Crippen LogP contribution is 2.31. The summed E-state index contributed by atoms with van der Waals surface area (Å²) in [6.45, 7) is 0. The van der Waals surface area contributed by atoms with Crippen LogP contribution in [0.25, 0.3) is 0 Å². The van der Waals surface area contributed by atoms with Gasteiger partial charge in [0.15, 0.2) is 0 Å². The third-order valence-electron chi connectivity index (χ3n) is 3.23. The van der Waals surface area contributed by atoms with Crippen molar-refractivity contribution >= 4 is 0 Å². The molecule has 0 fully saturated rings. The van der Waals surface area contributed by atoms with Crippen LogP contribution in [0.15, 0.2) is 54.6 Å². The van der Waals surface area contributed by atoms with Gasteiger partial charge in [0.2, 0.25) is 0 Å². The van der Waals surface area contributed by atoms with Gasteiger partial charge in [0.1, 0.15) is 0 Å². The van der Waals surface area contributed by atoms with Gasteiger partial charge < -0.3 is 5.73 Å². The van der Waals surface area contributed by atoms with Gasteiger partial charge in [-0.2, -0.15) is 13.2 Å². The molecule has 4 heteroatoms. The zero-order chi connectivity index (χ0) is 14.6. The molecule has 0 radical (unpaired) electrons. The molecule has 0 saturated carbocycles. The molecule has 0 saturated heterocycles. The molecule has 0 aliphatic carbocycles. The molecular formula is C16H16F3N. The predicted octanol–water partition coefficient (Wildman–Crippen LogP) is 4.34. The summed E-state index contributed by atoms with van der Waals surface area (Å²) >= 11 is 0. The molecule has 2 rings (SSSR count). The molecule has 0 amide bonds.